The number of hydrogen-bond donors (Lipinski definition) is 4. The van der Waals surface area contributed by atoms with Crippen LogP contribution in [-0.2, 0) is 9.59 Å². The lowest BCUT2D eigenvalue weighted by atomic mass is 9.99. The number of likely N-dealkylation sites (N-methyl/N-ethyl adjacent to an activating group) is 2. The first-order valence-electron chi connectivity index (χ1n) is 12.0. The van der Waals surface area contributed by atoms with Crippen LogP contribution in [0.3, 0.4) is 0 Å². The van der Waals surface area contributed by atoms with Gasteiger partial charge < -0.3 is 21.3 Å². The van der Waals surface area contributed by atoms with E-state index in [0.717, 1.165) is 26.2 Å². The van der Waals surface area contributed by atoms with Gasteiger partial charge in [0.1, 0.15) is 6.17 Å². The van der Waals surface area contributed by atoms with Gasteiger partial charge in [0.05, 0.1) is 22.5 Å². The van der Waals surface area contributed by atoms with Crippen LogP contribution in [0.2, 0.25) is 0 Å². The summed E-state index contributed by atoms with van der Waals surface area (Å²) in [4.78, 5) is 55.4. The highest BCUT2D eigenvalue weighted by Gasteiger charge is 2.41. The van der Waals surface area contributed by atoms with Crippen LogP contribution in [0.5, 0.6) is 0 Å². The smallest absolute Gasteiger partial charge is 0.258 e. The maximum Gasteiger partial charge on any atom is 0.258 e. The Hall–Kier alpha value is -4.12. The van der Waals surface area contributed by atoms with E-state index in [2.05, 4.69) is 32.8 Å². The SMILES string of the molecule is CNC(C(=O)c1cccc(C2=C3C(=O)NC(c4cccc(C(N)=O)c4)=C3C(=O)N2)c1)N1CCN(C)CC1. The van der Waals surface area contributed by atoms with Crippen molar-refractivity contribution in [2.24, 2.45) is 5.73 Å². The Labute approximate surface area is 214 Å². The number of nitrogens with one attached hydrogen (secondary N) is 3. The van der Waals surface area contributed by atoms with Gasteiger partial charge in [0.2, 0.25) is 5.91 Å². The van der Waals surface area contributed by atoms with Gasteiger partial charge in [-0.2, -0.15) is 0 Å². The van der Waals surface area contributed by atoms with Crippen LogP contribution in [0.4, 0.5) is 0 Å². The van der Waals surface area contributed by atoms with Gasteiger partial charge in [-0.3, -0.25) is 29.4 Å². The lowest BCUT2D eigenvalue weighted by Gasteiger charge is -2.37. The van der Waals surface area contributed by atoms with Crippen LogP contribution >= 0.6 is 0 Å². The van der Waals surface area contributed by atoms with Gasteiger partial charge in [-0.15, -0.1) is 0 Å². The number of hydrogen-bond acceptors (Lipinski definition) is 7. The van der Waals surface area contributed by atoms with Crippen molar-refractivity contribution in [1.29, 1.82) is 0 Å². The van der Waals surface area contributed by atoms with Crippen LogP contribution in [0.25, 0.3) is 11.4 Å². The fourth-order valence-corrected chi connectivity index (χ4v) is 4.99. The summed E-state index contributed by atoms with van der Waals surface area (Å²) in [5.74, 6) is -1.57. The van der Waals surface area contributed by atoms with Crippen LogP contribution in [0, 0.1) is 0 Å². The Morgan fingerprint density at radius 1 is 0.865 bits per heavy atom. The van der Waals surface area contributed by atoms with Crippen molar-refractivity contribution in [2.45, 2.75) is 6.17 Å². The molecule has 10 nitrogen and oxygen atoms in total. The molecule has 190 valence electrons. The molecule has 3 aliphatic heterocycles. The Morgan fingerprint density at radius 2 is 1.38 bits per heavy atom. The highest BCUT2D eigenvalue weighted by atomic mass is 16.2. The van der Waals surface area contributed by atoms with Gasteiger partial charge >= 0.3 is 0 Å². The predicted octanol–water partition coefficient (Wildman–Crippen LogP) is 0.143. The second kappa shape index (κ2) is 9.74. The average Bonchev–Trinajstić information content (AvgIpc) is 3.43. The molecule has 5 rings (SSSR count). The molecule has 0 aromatic heterocycles. The van der Waals surface area contributed by atoms with Crippen LogP contribution in [0.1, 0.15) is 31.8 Å². The molecular formula is C27H28N6O4. The molecule has 0 radical (unpaired) electrons. The molecule has 1 saturated heterocycles. The van der Waals surface area contributed by atoms with Gasteiger partial charge in [-0.1, -0.05) is 30.3 Å². The van der Waals surface area contributed by atoms with Crippen molar-refractivity contribution < 1.29 is 19.2 Å². The first-order chi connectivity index (χ1) is 17.8. The van der Waals surface area contributed by atoms with Crippen LogP contribution in [-0.4, -0.2) is 79.7 Å². The Balaban J connectivity index is 1.50. The Kier molecular flexibility index (Phi) is 6.46. The van der Waals surface area contributed by atoms with E-state index >= 15 is 0 Å². The highest BCUT2D eigenvalue weighted by Crippen LogP contribution is 2.37. The number of amides is 3. The summed E-state index contributed by atoms with van der Waals surface area (Å²) in [6, 6.07) is 13.4. The molecule has 0 spiro atoms. The van der Waals surface area contributed by atoms with E-state index < -0.39 is 23.9 Å². The Morgan fingerprint density at radius 3 is 1.89 bits per heavy atom. The summed E-state index contributed by atoms with van der Waals surface area (Å²) in [5, 5.41) is 8.70. The quantitative estimate of drug-likeness (QED) is 0.397. The number of piperazine rings is 1. The first kappa shape index (κ1) is 24.6. The maximum absolute atomic E-state index is 13.5. The van der Waals surface area contributed by atoms with Gasteiger partial charge in [0.25, 0.3) is 11.8 Å². The minimum Gasteiger partial charge on any atom is -0.366 e. The molecule has 1 unspecified atom stereocenters. The van der Waals surface area contributed by atoms with Crippen LogP contribution in [0.15, 0.2) is 59.7 Å². The number of rotatable bonds is 7. The largest absolute Gasteiger partial charge is 0.366 e. The van der Waals surface area contributed by atoms with Crippen LogP contribution < -0.4 is 21.7 Å². The molecule has 0 aliphatic carbocycles. The molecular weight excluding hydrogens is 472 g/mol. The summed E-state index contributed by atoms with van der Waals surface area (Å²) in [6.45, 7) is 3.30. The van der Waals surface area contributed by atoms with Crippen molar-refractivity contribution >= 4 is 34.9 Å². The van der Waals surface area contributed by atoms with Gasteiger partial charge in [-0.25, -0.2) is 0 Å². The fraction of sp³-hybridized carbons (Fsp3) is 0.259. The molecule has 10 heteroatoms. The molecule has 0 bridgehead atoms. The number of primary amides is 1. The maximum atomic E-state index is 13.5. The number of ketones is 1. The molecule has 5 N–H and O–H groups in total. The van der Waals surface area contributed by atoms with E-state index in [1.54, 1.807) is 49.5 Å². The zero-order valence-electron chi connectivity index (χ0n) is 20.6. The number of nitrogens with two attached hydrogens (primary N) is 1. The van der Waals surface area contributed by atoms with Gasteiger partial charge in [0, 0.05) is 37.3 Å². The minimum atomic E-state index is -0.609. The molecule has 1 atom stereocenters. The zero-order chi connectivity index (χ0) is 26.3. The fourth-order valence-electron chi connectivity index (χ4n) is 4.99. The third-order valence-electron chi connectivity index (χ3n) is 6.98. The van der Waals surface area contributed by atoms with Gasteiger partial charge in [0.15, 0.2) is 5.78 Å². The van der Waals surface area contributed by atoms with E-state index in [0.29, 0.717) is 28.1 Å². The first-order valence-corrected chi connectivity index (χ1v) is 12.0. The molecule has 3 heterocycles. The number of carbonyl (C=O) groups is 4. The summed E-state index contributed by atoms with van der Waals surface area (Å²) < 4.78 is 0. The molecule has 3 aliphatic rings. The number of nitrogens with zero attached hydrogens (tertiary/aromatic N) is 2. The topological polar surface area (TPSA) is 137 Å². The second-order valence-corrected chi connectivity index (χ2v) is 9.33. The summed E-state index contributed by atoms with van der Waals surface area (Å²) >= 11 is 0. The summed E-state index contributed by atoms with van der Waals surface area (Å²) in [7, 11) is 3.82. The molecule has 1 fully saturated rings. The monoisotopic (exact) mass is 500 g/mol. The zero-order valence-corrected chi connectivity index (χ0v) is 20.6. The third kappa shape index (κ3) is 4.46. The number of fused-ring (bicyclic) bond motifs is 1. The van der Waals surface area contributed by atoms with E-state index in [4.69, 9.17) is 5.73 Å². The standard InChI is InChI=1S/C27H28N6O4/c1-29-25(33-11-9-32(2)10-12-33)23(34)17-7-3-5-15(13-17)21-19-20(27(37)30-21)22(31-26(19)36)16-6-4-8-18(14-16)24(28)35/h3-8,13-14,25,29H,9-12H2,1-2H3,(H2,28,35)(H,30,37)(H,31,36). The van der Waals surface area contributed by atoms with Gasteiger partial charge in [-0.05, 0) is 43.4 Å². The minimum absolute atomic E-state index is 0.0839. The van der Waals surface area contributed by atoms with Crippen molar-refractivity contribution in [2.75, 3.05) is 40.3 Å². The lowest BCUT2D eigenvalue weighted by molar-refractivity contribution is -0.117. The van der Waals surface area contributed by atoms with E-state index in [9.17, 15) is 19.2 Å². The van der Waals surface area contributed by atoms with E-state index in [1.165, 1.54) is 6.07 Å². The van der Waals surface area contributed by atoms with Crippen molar-refractivity contribution in [3.05, 3.63) is 81.9 Å². The molecule has 0 saturated carbocycles. The number of Topliss-reactive ketones (excluding diaryl/α,β-unsaturated/α-hetero) is 1. The normalized spacial score (nSPS) is 19.1. The Bertz CT molecular complexity index is 1390. The number of carbonyl (C=O) groups excluding carboxylic acids is 4. The predicted molar refractivity (Wildman–Crippen MR) is 138 cm³/mol. The average molecular weight is 501 g/mol. The van der Waals surface area contributed by atoms with E-state index in [-0.39, 0.29) is 22.5 Å². The van der Waals surface area contributed by atoms with Crippen molar-refractivity contribution in [3.63, 3.8) is 0 Å². The van der Waals surface area contributed by atoms with Crippen molar-refractivity contribution in [3.8, 4) is 0 Å². The van der Waals surface area contributed by atoms with Crippen molar-refractivity contribution in [1.82, 2.24) is 25.8 Å². The second-order valence-electron chi connectivity index (χ2n) is 9.33. The molecule has 3 amide bonds. The van der Waals surface area contributed by atoms with E-state index in [1.807, 2.05) is 0 Å². The molecule has 2 aromatic rings. The summed E-state index contributed by atoms with van der Waals surface area (Å²) in [5.41, 5.74) is 8.25. The number of benzene rings is 2. The summed E-state index contributed by atoms with van der Waals surface area (Å²) in [6.07, 6.45) is -0.478. The highest BCUT2D eigenvalue weighted by molar-refractivity contribution is 6.30. The third-order valence-corrected chi connectivity index (χ3v) is 6.98. The lowest BCUT2D eigenvalue weighted by Crippen LogP contribution is -2.56. The molecule has 37 heavy (non-hydrogen) atoms. The molecule has 2 aromatic carbocycles.